The molecule has 2 aromatic carbocycles. The van der Waals surface area contributed by atoms with Crippen molar-refractivity contribution in [3.8, 4) is 0 Å². The number of nitrogens with zero attached hydrogens (tertiary/aromatic N) is 3. The largest absolute Gasteiger partial charge is 0.329 e. The van der Waals surface area contributed by atoms with Crippen molar-refractivity contribution in [1.82, 2.24) is 19.0 Å². The number of fused-ring (bicyclic) bond motifs is 2. The zero-order valence-electron chi connectivity index (χ0n) is 17.1. The van der Waals surface area contributed by atoms with Crippen LogP contribution in [0.15, 0.2) is 58.1 Å². The smallest absolute Gasteiger partial charge is 0.322 e. The zero-order chi connectivity index (χ0) is 20.5. The van der Waals surface area contributed by atoms with E-state index in [9.17, 15) is 9.59 Å². The predicted molar refractivity (Wildman–Crippen MR) is 117 cm³/mol. The van der Waals surface area contributed by atoms with Crippen molar-refractivity contribution in [1.29, 1.82) is 0 Å². The zero-order valence-corrected chi connectivity index (χ0v) is 17.1. The molecule has 0 atom stereocenters. The number of aryl methyl sites for hydroxylation is 2. The van der Waals surface area contributed by atoms with E-state index in [1.54, 1.807) is 6.07 Å². The molecule has 0 aliphatic rings. The number of para-hydroxylation sites is 1. The van der Waals surface area contributed by atoms with Crippen LogP contribution in [0.1, 0.15) is 25.0 Å². The first kappa shape index (κ1) is 19.2. The number of pyridine rings is 1. The Morgan fingerprint density at radius 3 is 2.38 bits per heavy atom. The average molecular weight is 390 g/mol. The number of H-pyrrole nitrogens is 1. The van der Waals surface area contributed by atoms with Crippen molar-refractivity contribution >= 4 is 21.9 Å². The molecule has 0 saturated carbocycles. The van der Waals surface area contributed by atoms with Crippen LogP contribution in [-0.4, -0.2) is 26.1 Å². The monoisotopic (exact) mass is 390 g/mol. The molecule has 29 heavy (non-hydrogen) atoms. The number of rotatable bonds is 6. The first-order valence-electron chi connectivity index (χ1n) is 10.0. The molecule has 0 aliphatic carbocycles. The number of aromatic nitrogens is 3. The van der Waals surface area contributed by atoms with E-state index in [0.29, 0.717) is 19.6 Å². The van der Waals surface area contributed by atoms with Gasteiger partial charge in [0.25, 0.3) is 0 Å². The highest BCUT2D eigenvalue weighted by atomic mass is 16.1. The summed E-state index contributed by atoms with van der Waals surface area (Å²) in [7, 11) is 2.05. The van der Waals surface area contributed by atoms with Gasteiger partial charge in [-0.15, -0.1) is 0 Å². The van der Waals surface area contributed by atoms with Crippen LogP contribution in [0.5, 0.6) is 0 Å². The quantitative estimate of drug-likeness (QED) is 0.549. The highest BCUT2D eigenvalue weighted by Crippen LogP contribution is 2.19. The standard InChI is InChI=1S/C23H26N4O2/c1-4-26-20-11-10-16(12-21(20)27(5-2)23(26)29)14-25(3)15-17-13-22(28)24-19-9-7-6-8-18(17)19/h6-13H,4-5,14-15H2,1-3H3,(H,24,28). The molecule has 0 radical (unpaired) electrons. The summed E-state index contributed by atoms with van der Waals surface area (Å²) >= 11 is 0. The Labute approximate surface area is 169 Å². The Morgan fingerprint density at radius 1 is 0.897 bits per heavy atom. The normalized spacial score (nSPS) is 11.7. The molecule has 4 rings (SSSR count). The molecule has 0 aliphatic heterocycles. The second-order valence-electron chi connectivity index (χ2n) is 7.47. The van der Waals surface area contributed by atoms with E-state index in [2.05, 4.69) is 22.0 Å². The van der Waals surface area contributed by atoms with Gasteiger partial charge in [-0.2, -0.15) is 0 Å². The highest BCUT2D eigenvalue weighted by molar-refractivity contribution is 5.81. The van der Waals surface area contributed by atoms with Crippen LogP contribution in [0.4, 0.5) is 0 Å². The number of imidazole rings is 1. The number of nitrogens with one attached hydrogen (secondary N) is 1. The van der Waals surface area contributed by atoms with Crippen LogP contribution in [0.2, 0.25) is 0 Å². The van der Waals surface area contributed by atoms with Gasteiger partial charge in [0.15, 0.2) is 0 Å². The van der Waals surface area contributed by atoms with Gasteiger partial charge in [0.05, 0.1) is 11.0 Å². The summed E-state index contributed by atoms with van der Waals surface area (Å²) in [6.45, 7) is 6.70. The first-order chi connectivity index (χ1) is 14.0. The van der Waals surface area contributed by atoms with Crippen molar-refractivity contribution in [3.63, 3.8) is 0 Å². The average Bonchev–Trinajstić information content (AvgIpc) is 2.97. The minimum Gasteiger partial charge on any atom is -0.322 e. The lowest BCUT2D eigenvalue weighted by Gasteiger charge is -2.18. The van der Waals surface area contributed by atoms with Crippen molar-refractivity contribution in [2.24, 2.45) is 0 Å². The van der Waals surface area contributed by atoms with E-state index in [1.165, 1.54) is 0 Å². The first-order valence-corrected chi connectivity index (χ1v) is 10.0. The summed E-state index contributed by atoms with van der Waals surface area (Å²) in [6.07, 6.45) is 0. The van der Waals surface area contributed by atoms with Gasteiger partial charge in [-0.1, -0.05) is 24.3 Å². The van der Waals surface area contributed by atoms with Crippen LogP contribution in [-0.2, 0) is 26.2 Å². The molecule has 0 amide bonds. The molecule has 0 saturated heterocycles. The number of benzene rings is 2. The Kier molecular flexibility index (Phi) is 5.11. The third-order valence-corrected chi connectivity index (χ3v) is 5.44. The number of hydrogen-bond acceptors (Lipinski definition) is 3. The molecule has 1 N–H and O–H groups in total. The molecule has 4 aromatic rings. The van der Waals surface area contributed by atoms with Crippen LogP contribution in [0, 0.1) is 0 Å². The Morgan fingerprint density at radius 2 is 1.62 bits per heavy atom. The topological polar surface area (TPSA) is 63.0 Å². The van der Waals surface area contributed by atoms with Crippen LogP contribution in [0.25, 0.3) is 21.9 Å². The van der Waals surface area contributed by atoms with E-state index in [1.807, 2.05) is 60.4 Å². The molecule has 0 spiro atoms. The Hall–Kier alpha value is -3.12. The van der Waals surface area contributed by atoms with Gasteiger partial charge >= 0.3 is 5.69 Å². The minimum absolute atomic E-state index is 0.0467. The molecule has 2 heterocycles. The molecule has 6 nitrogen and oxygen atoms in total. The lowest BCUT2D eigenvalue weighted by Crippen LogP contribution is -2.23. The fourth-order valence-corrected chi connectivity index (χ4v) is 4.14. The summed E-state index contributed by atoms with van der Waals surface area (Å²) < 4.78 is 3.64. The molecule has 150 valence electrons. The van der Waals surface area contributed by atoms with E-state index in [4.69, 9.17) is 0 Å². The second-order valence-corrected chi connectivity index (χ2v) is 7.47. The minimum atomic E-state index is -0.0820. The van der Waals surface area contributed by atoms with Crippen molar-refractivity contribution in [3.05, 3.63) is 80.5 Å². The second kappa shape index (κ2) is 7.72. The third kappa shape index (κ3) is 3.51. The fourth-order valence-electron chi connectivity index (χ4n) is 4.14. The maximum atomic E-state index is 12.6. The van der Waals surface area contributed by atoms with Crippen molar-refractivity contribution < 1.29 is 0 Å². The molecular weight excluding hydrogens is 364 g/mol. The van der Waals surface area contributed by atoms with Gasteiger partial charge in [0.2, 0.25) is 5.56 Å². The predicted octanol–water partition coefficient (Wildman–Crippen LogP) is 3.32. The van der Waals surface area contributed by atoms with Crippen LogP contribution < -0.4 is 11.2 Å². The van der Waals surface area contributed by atoms with Gasteiger partial charge in [-0.05, 0) is 50.2 Å². The summed E-state index contributed by atoms with van der Waals surface area (Å²) in [5, 5.41) is 1.06. The molecule has 0 unspecified atom stereocenters. The molecule has 0 bridgehead atoms. The summed E-state index contributed by atoms with van der Waals surface area (Å²) in [5.74, 6) is 0. The van der Waals surface area contributed by atoms with Gasteiger partial charge in [0, 0.05) is 43.1 Å². The van der Waals surface area contributed by atoms with Crippen LogP contribution in [0.3, 0.4) is 0 Å². The van der Waals surface area contributed by atoms with E-state index in [0.717, 1.165) is 39.6 Å². The van der Waals surface area contributed by atoms with E-state index < -0.39 is 0 Å². The molecule has 0 fully saturated rings. The van der Waals surface area contributed by atoms with Gasteiger partial charge < -0.3 is 4.98 Å². The van der Waals surface area contributed by atoms with Crippen molar-refractivity contribution in [2.45, 2.75) is 40.0 Å². The highest BCUT2D eigenvalue weighted by Gasteiger charge is 2.13. The molecular formula is C23H26N4O2. The van der Waals surface area contributed by atoms with Crippen molar-refractivity contribution in [2.75, 3.05) is 7.05 Å². The Bertz CT molecular complexity index is 1300. The maximum absolute atomic E-state index is 12.6. The summed E-state index contributed by atoms with van der Waals surface area (Å²) in [4.78, 5) is 29.7. The maximum Gasteiger partial charge on any atom is 0.329 e. The lowest BCUT2D eigenvalue weighted by molar-refractivity contribution is 0.320. The molecule has 2 aromatic heterocycles. The van der Waals surface area contributed by atoms with E-state index in [-0.39, 0.29) is 11.2 Å². The third-order valence-electron chi connectivity index (χ3n) is 5.44. The molecule has 6 heteroatoms. The van der Waals surface area contributed by atoms with Gasteiger partial charge in [-0.25, -0.2) is 4.79 Å². The number of hydrogen-bond donors (Lipinski definition) is 1. The van der Waals surface area contributed by atoms with Gasteiger partial charge in [-0.3, -0.25) is 18.8 Å². The Balaban J connectivity index is 1.64. The summed E-state index contributed by atoms with van der Waals surface area (Å²) in [5.41, 5.74) is 4.93. The number of aromatic amines is 1. The lowest BCUT2D eigenvalue weighted by atomic mass is 10.1. The summed E-state index contributed by atoms with van der Waals surface area (Å²) in [6, 6.07) is 15.8. The van der Waals surface area contributed by atoms with Gasteiger partial charge in [0.1, 0.15) is 0 Å². The fraction of sp³-hybridized carbons (Fsp3) is 0.304. The van der Waals surface area contributed by atoms with E-state index >= 15 is 0 Å². The van der Waals surface area contributed by atoms with Crippen LogP contribution >= 0.6 is 0 Å². The SMILES string of the molecule is CCn1c(=O)n(CC)c2cc(CN(C)Cc3cc(=O)[nH]c4ccccc34)ccc21.